The van der Waals surface area contributed by atoms with Gasteiger partial charge >= 0.3 is 5.97 Å². The van der Waals surface area contributed by atoms with Gasteiger partial charge in [0.15, 0.2) is 6.61 Å². The lowest BCUT2D eigenvalue weighted by Gasteiger charge is -2.31. The Morgan fingerprint density at radius 3 is 2.27 bits per heavy atom. The summed E-state index contributed by atoms with van der Waals surface area (Å²) in [6, 6.07) is 10.7. The van der Waals surface area contributed by atoms with E-state index >= 15 is 0 Å². The molecule has 1 saturated heterocycles. The van der Waals surface area contributed by atoms with Crippen molar-refractivity contribution in [3.05, 3.63) is 53.1 Å². The third kappa shape index (κ3) is 5.72. The van der Waals surface area contributed by atoms with Gasteiger partial charge < -0.3 is 14.8 Å². The minimum atomic E-state index is -3.65. The van der Waals surface area contributed by atoms with Crippen LogP contribution in [-0.4, -0.2) is 51.4 Å². The first-order chi connectivity index (χ1) is 15.6. The maximum absolute atomic E-state index is 13.2. The van der Waals surface area contributed by atoms with Crippen LogP contribution in [0.15, 0.2) is 41.3 Å². The number of carbonyl (C=O) groups is 2. The van der Waals surface area contributed by atoms with Crippen LogP contribution in [0, 0.1) is 26.7 Å². The number of hydrogen-bond donors (Lipinski definition) is 1. The van der Waals surface area contributed by atoms with Crippen molar-refractivity contribution < 1.29 is 27.5 Å². The number of piperidine rings is 1. The van der Waals surface area contributed by atoms with Gasteiger partial charge in [0.05, 0.1) is 23.6 Å². The zero-order chi connectivity index (χ0) is 24.2. The molecule has 0 atom stereocenters. The minimum absolute atomic E-state index is 0.224. The number of sulfonamides is 1. The van der Waals surface area contributed by atoms with E-state index in [9.17, 15) is 18.0 Å². The topological polar surface area (TPSA) is 102 Å². The molecule has 9 heteroatoms. The molecule has 8 nitrogen and oxygen atoms in total. The molecule has 0 bridgehead atoms. The van der Waals surface area contributed by atoms with Gasteiger partial charge in [-0.25, -0.2) is 8.42 Å². The van der Waals surface area contributed by atoms with Gasteiger partial charge in [-0.1, -0.05) is 29.8 Å². The maximum atomic E-state index is 13.2. The molecular weight excluding hydrogens is 444 g/mol. The number of anilines is 1. The number of hydrogen-bond acceptors (Lipinski definition) is 6. The molecule has 1 heterocycles. The molecule has 0 aromatic heterocycles. The third-order valence-electron chi connectivity index (χ3n) is 5.72. The predicted octanol–water partition coefficient (Wildman–Crippen LogP) is 3.20. The van der Waals surface area contributed by atoms with E-state index in [1.807, 2.05) is 19.1 Å². The van der Waals surface area contributed by atoms with E-state index in [0.29, 0.717) is 29.2 Å². The number of nitrogens with one attached hydrogen (secondary N) is 1. The van der Waals surface area contributed by atoms with Crippen LogP contribution >= 0.6 is 0 Å². The molecule has 1 aliphatic rings. The first-order valence-corrected chi connectivity index (χ1v) is 12.2. The monoisotopic (exact) mass is 474 g/mol. The second kappa shape index (κ2) is 10.4. The smallest absolute Gasteiger partial charge is 0.309 e. The number of esters is 1. The van der Waals surface area contributed by atoms with Crippen LogP contribution in [0.4, 0.5) is 5.69 Å². The summed E-state index contributed by atoms with van der Waals surface area (Å²) in [4.78, 5) is 25.0. The van der Waals surface area contributed by atoms with Gasteiger partial charge in [-0.2, -0.15) is 4.31 Å². The second-order valence-corrected chi connectivity index (χ2v) is 10.1. The zero-order valence-corrected chi connectivity index (χ0v) is 20.2. The van der Waals surface area contributed by atoms with E-state index in [1.165, 1.54) is 11.4 Å². The zero-order valence-electron chi connectivity index (χ0n) is 19.4. The fourth-order valence-electron chi connectivity index (χ4n) is 4.22. The van der Waals surface area contributed by atoms with Gasteiger partial charge in [0.2, 0.25) is 10.0 Å². The highest BCUT2D eigenvalue weighted by molar-refractivity contribution is 7.89. The van der Waals surface area contributed by atoms with Crippen LogP contribution in [-0.2, 0) is 24.3 Å². The molecule has 178 valence electrons. The standard InChI is InChI=1S/C24H30N2O6S/c1-16-13-17(2)23(18(3)14-16)33(29,30)26-11-9-19(10-12-26)24(28)32-15-22(27)25-20-7-5-6-8-21(20)31-4/h5-8,13-14,19H,9-12,15H2,1-4H3,(H,25,27). The van der Waals surface area contributed by atoms with Crippen molar-refractivity contribution in [3.63, 3.8) is 0 Å². The molecule has 1 aliphatic heterocycles. The van der Waals surface area contributed by atoms with E-state index in [0.717, 1.165) is 16.7 Å². The van der Waals surface area contributed by atoms with Gasteiger partial charge in [-0.3, -0.25) is 9.59 Å². The van der Waals surface area contributed by atoms with Crippen LogP contribution in [0.2, 0.25) is 0 Å². The molecule has 0 saturated carbocycles. The summed E-state index contributed by atoms with van der Waals surface area (Å²) in [7, 11) is -2.15. The number of aryl methyl sites for hydroxylation is 3. The van der Waals surface area contributed by atoms with Gasteiger partial charge in [0, 0.05) is 13.1 Å². The van der Waals surface area contributed by atoms with E-state index in [2.05, 4.69) is 5.32 Å². The lowest BCUT2D eigenvalue weighted by molar-refractivity contribution is -0.152. The Morgan fingerprint density at radius 1 is 1.06 bits per heavy atom. The van der Waals surface area contributed by atoms with Gasteiger partial charge in [0.1, 0.15) is 5.75 Å². The van der Waals surface area contributed by atoms with Crippen molar-refractivity contribution in [2.75, 3.05) is 32.1 Å². The van der Waals surface area contributed by atoms with E-state index in [1.54, 1.807) is 38.1 Å². The number of benzene rings is 2. The maximum Gasteiger partial charge on any atom is 0.309 e. The van der Waals surface area contributed by atoms with Crippen LogP contribution in [0.5, 0.6) is 5.75 Å². The Kier molecular flexibility index (Phi) is 7.76. The number of amides is 1. The fourth-order valence-corrected chi connectivity index (χ4v) is 6.10. The average molecular weight is 475 g/mol. The average Bonchev–Trinajstić information content (AvgIpc) is 2.77. The molecule has 2 aromatic rings. The highest BCUT2D eigenvalue weighted by Gasteiger charge is 2.34. The van der Waals surface area contributed by atoms with Crippen LogP contribution in [0.25, 0.3) is 0 Å². The highest BCUT2D eigenvalue weighted by atomic mass is 32.2. The summed E-state index contributed by atoms with van der Waals surface area (Å²) in [6.45, 7) is 5.56. The van der Waals surface area contributed by atoms with Crippen molar-refractivity contribution >= 4 is 27.6 Å². The number of carbonyl (C=O) groups excluding carboxylic acids is 2. The van der Waals surface area contributed by atoms with Crippen molar-refractivity contribution in [3.8, 4) is 5.75 Å². The first kappa shape index (κ1) is 24.7. The number of ether oxygens (including phenoxy) is 2. The molecule has 1 N–H and O–H groups in total. The largest absolute Gasteiger partial charge is 0.495 e. The summed E-state index contributed by atoms with van der Waals surface area (Å²) in [6.07, 6.45) is 0.687. The summed E-state index contributed by atoms with van der Waals surface area (Å²) in [5.41, 5.74) is 2.94. The SMILES string of the molecule is COc1ccccc1NC(=O)COC(=O)C1CCN(S(=O)(=O)c2c(C)cc(C)cc2C)CC1. The van der Waals surface area contributed by atoms with Crippen LogP contribution in [0.3, 0.4) is 0 Å². The molecule has 2 aromatic carbocycles. The molecule has 0 spiro atoms. The Bertz CT molecular complexity index is 1110. The van der Waals surface area contributed by atoms with Crippen LogP contribution < -0.4 is 10.1 Å². The number of rotatable bonds is 7. The van der Waals surface area contributed by atoms with Crippen LogP contribution in [0.1, 0.15) is 29.5 Å². The highest BCUT2D eigenvalue weighted by Crippen LogP contribution is 2.29. The molecule has 0 radical (unpaired) electrons. The molecule has 1 amide bonds. The molecular formula is C24H30N2O6S. The Labute approximate surface area is 194 Å². The Balaban J connectivity index is 1.54. The molecule has 1 fully saturated rings. The minimum Gasteiger partial charge on any atom is -0.495 e. The molecule has 0 unspecified atom stereocenters. The van der Waals surface area contributed by atoms with E-state index in [4.69, 9.17) is 9.47 Å². The Hall–Kier alpha value is -2.91. The number of nitrogens with zero attached hydrogens (tertiary/aromatic N) is 1. The molecule has 3 rings (SSSR count). The first-order valence-electron chi connectivity index (χ1n) is 10.8. The van der Waals surface area contributed by atoms with E-state index < -0.39 is 34.4 Å². The van der Waals surface area contributed by atoms with Crippen molar-refractivity contribution in [2.45, 2.75) is 38.5 Å². The normalized spacial score (nSPS) is 15.2. The molecule has 33 heavy (non-hydrogen) atoms. The number of para-hydroxylation sites is 2. The predicted molar refractivity (Wildman–Crippen MR) is 125 cm³/mol. The third-order valence-corrected chi connectivity index (χ3v) is 7.92. The van der Waals surface area contributed by atoms with Crippen molar-refractivity contribution in [1.29, 1.82) is 0 Å². The van der Waals surface area contributed by atoms with Crippen molar-refractivity contribution in [1.82, 2.24) is 4.31 Å². The fraction of sp³-hybridized carbons (Fsp3) is 0.417. The summed E-state index contributed by atoms with van der Waals surface area (Å²) >= 11 is 0. The number of methoxy groups -OCH3 is 1. The lowest BCUT2D eigenvalue weighted by atomic mass is 9.98. The van der Waals surface area contributed by atoms with Gasteiger partial charge in [0.25, 0.3) is 5.91 Å². The lowest BCUT2D eigenvalue weighted by Crippen LogP contribution is -2.41. The van der Waals surface area contributed by atoms with Gasteiger partial charge in [-0.05, 0) is 56.9 Å². The summed E-state index contributed by atoms with van der Waals surface area (Å²) in [5.74, 6) is -0.913. The summed E-state index contributed by atoms with van der Waals surface area (Å²) < 4.78 is 38.2. The quantitative estimate of drug-likeness (QED) is 0.619. The van der Waals surface area contributed by atoms with Crippen molar-refractivity contribution in [2.24, 2.45) is 5.92 Å². The summed E-state index contributed by atoms with van der Waals surface area (Å²) in [5, 5.41) is 2.65. The van der Waals surface area contributed by atoms with E-state index in [-0.39, 0.29) is 13.1 Å². The van der Waals surface area contributed by atoms with Gasteiger partial charge in [-0.15, -0.1) is 0 Å². The molecule has 0 aliphatic carbocycles. The second-order valence-electron chi connectivity index (χ2n) is 8.26. The Morgan fingerprint density at radius 2 is 1.67 bits per heavy atom.